The predicted molar refractivity (Wildman–Crippen MR) is 95.7 cm³/mol. The summed E-state index contributed by atoms with van der Waals surface area (Å²) in [6, 6.07) is 8.79. The standard InChI is InChI=1S/C18H22ClNOS/c1-13-11-14(5-4-10-21)8-9-20(13)12-17-18(19)15-6-2-3-7-16(15)22-17/h2-3,6-7,11,13,21H,4-5,8-10,12H2,1H3. The summed E-state index contributed by atoms with van der Waals surface area (Å²) in [6.07, 6.45) is 5.37. The lowest BCUT2D eigenvalue weighted by Crippen LogP contribution is -2.35. The Morgan fingerprint density at radius 3 is 2.91 bits per heavy atom. The van der Waals surface area contributed by atoms with Gasteiger partial charge in [-0.15, -0.1) is 11.3 Å². The highest BCUT2D eigenvalue weighted by Gasteiger charge is 2.21. The van der Waals surface area contributed by atoms with E-state index in [1.807, 2.05) is 6.07 Å². The highest BCUT2D eigenvalue weighted by molar-refractivity contribution is 7.19. The minimum atomic E-state index is 0.285. The lowest BCUT2D eigenvalue weighted by atomic mass is 9.99. The van der Waals surface area contributed by atoms with Crippen molar-refractivity contribution in [2.45, 2.75) is 38.8 Å². The Hall–Kier alpha value is -0.870. The van der Waals surface area contributed by atoms with Gasteiger partial charge in [-0.3, -0.25) is 4.90 Å². The summed E-state index contributed by atoms with van der Waals surface area (Å²) < 4.78 is 1.27. The molecule has 0 aliphatic carbocycles. The van der Waals surface area contributed by atoms with Crippen molar-refractivity contribution in [3.63, 3.8) is 0 Å². The van der Waals surface area contributed by atoms with E-state index in [9.17, 15) is 0 Å². The average Bonchev–Trinajstić information content (AvgIpc) is 2.84. The number of hydrogen-bond acceptors (Lipinski definition) is 3. The molecule has 0 saturated carbocycles. The van der Waals surface area contributed by atoms with Gasteiger partial charge in [0, 0.05) is 40.7 Å². The van der Waals surface area contributed by atoms with Crippen LogP contribution in [0.4, 0.5) is 0 Å². The van der Waals surface area contributed by atoms with Gasteiger partial charge in [0.05, 0.1) is 5.02 Å². The summed E-state index contributed by atoms with van der Waals surface area (Å²) in [5.41, 5.74) is 1.49. The fourth-order valence-electron chi connectivity index (χ4n) is 3.11. The summed E-state index contributed by atoms with van der Waals surface area (Å²) in [7, 11) is 0. The minimum absolute atomic E-state index is 0.285. The van der Waals surface area contributed by atoms with Crippen LogP contribution in [0, 0.1) is 0 Å². The molecule has 1 N–H and O–H groups in total. The number of aliphatic hydroxyl groups excluding tert-OH is 1. The molecule has 0 saturated heterocycles. The average molecular weight is 336 g/mol. The molecule has 1 unspecified atom stereocenters. The number of thiophene rings is 1. The van der Waals surface area contributed by atoms with Crippen LogP contribution in [-0.4, -0.2) is 29.2 Å². The van der Waals surface area contributed by atoms with Crippen LogP contribution < -0.4 is 0 Å². The molecule has 0 radical (unpaired) electrons. The third-order valence-corrected chi connectivity index (χ3v) is 6.08. The van der Waals surface area contributed by atoms with Gasteiger partial charge >= 0.3 is 0 Å². The van der Waals surface area contributed by atoms with Gasteiger partial charge in [0.15, 0.2) is 0 Å². The highest BCUT2D eigenvalue weighted by Crippen LogP contribution is 2.36. The molecule has 2 nitrogen and oxygen atoms in total. The SMILES string of the molecule is CC1C=C(CCCO)CCN1Cc1sc2ccccc2c1Cl. The molecule has 0 amide bonds. The van der Waals surface area contributed by atoms with E-state index >= 15 is 0 Å². The first-order valence-corrected chi connectivity index (χ1v) is 9.09. The zero-order valence-corrected chi connectivity index (χ0v) is 14.5. The van der Waals surface area contributed by atoms with Gasteiger partial charge in [0.1, 0.15) is 0 Å². The van der Waals surface area contributed by atoms with Crippen molar-refractivity contribution in [1.82, 2.24) is 4.90 Å². The van der Waals surface area contributed by atoms with E-state index in [2.05, 4.69) is 36.1 Å². The lowest BCUT2D eigenvalue weighted by Gasteiger charge is -2.32. The fraction of sp³-hybridized carbons (Fsp3) is 0.444. The van der Waals surface area contributed by atoms with Gasteiger partial charge in [0.2, 0.25) is 0 Å². The molecule has 0 bridgehead atoms. The smallest absolute Gasteiger partial charge is 0.0637 e. The van der Waals surface area contributed by atoms with Crippen LogP contribution in [0.25, 0.3) is 10.1 Å². The van der Waals surface area contributed by atoms with Crippen LogP contribution in [0.5, 0.6) is 0 Å². The molecule has 2 heterocycles. The Bertz CT molecular complexity index is 679. The quantitative estimate of drug-likeness (QED) is 0.790. The molecule has 1 aliphatic rings. The topological polar surface area (TPSA) is 23.5 Å². The Balaban J connectivity index is 1.73. The molecule has 22 heavy (non-hydrogen) atoms. The van der Waals surface area contributed by atoms with Gasteiger partial charge in [-0.1, -0.05) is 41.4 Å². The van der Waals surface area contributed by atoms with E-state index in [1.54, 1.807) is 11.3 Å². The molecular weight excluding hydrogens is 314 g/mol. The largest absolute Gasteiger partial charge is 0.396 e. The van der Waals surface area contributed by atoms with Crippen LogP contribution >= 0.6 is 22.9 Å². The summed E-state index contributed by atoms with van der Waals surface area (Å²) in [5.74, 6) is 0. The Labute approximate surface area is 141 Å². The first kappa shape index (κ1) is 16.0. The molecule has 2 aromatic rings. The number of fused-ring (bicyclic) bond motifs is 1. The zero-order chi connectivity index (χ0) is 15.5. The van der Waals surface area contributed by atoms with Gasteiger partial charge < -0.3 is 5.11 Å². The molecule has 1 aromatic heterocycles. The summed E-state index contributed by atoms with van der Waals surface area (Å²) in [4.78, 5) is 3.75. The van der Waals surface area contributed by atoms with Crippen molar-refractivity contribution < 1.29 is 5.11 Å². The van der Waals surface area contributed by atoms with Crippen molar-refractivity contribution in [1.29, 1.82) is 0 Å². The second-order valence-corrected chi connectivity index (χ2v) is 7.46. The van der Waals surface area contributed by atoms with E-state index in [0.29, 0.717) is 6.04 Å². The second-order valence-electron chi connectivity index (χ2n) is 5.95. The molecule has 3 rings (SSSR count). The first-order valence-electron chi connectivity index (χ1n) is 7.89. The molecule has 1 aromatic carbocycles. The summed E-state index contributed by atoms with van der Waals surface area (Å²) in [5, 5.41) is 11.1. The van der Waals surface area contributed by atoms with Gasteiger partial charge in [-0.05, 0) is 32.3 Å². The van der Waals surface area contributed by atoms with Gasteiger partial charge in [0.25, 0.3) is 0 Å². The number of aliphatic hydroxyl groups is 1. The molecule has 1 aliphatic heterocycles. The van der Waals surface area contributed by atoms with E-state index < -0.39 is 0 Å². The molecule has 0 spiro atoms. The van der Waals surface area contributed by atoms with Crippen molar-refractivity contribution in [3.05, 3.63) is 45.8 Å². The van der Waals surface area contributed by atoms with Gasteiger partial charge in [-0.25, -0.2) is 0 Å². The number of rotatable bonds is 5. The van der Waals surface area contributed by atoms with Crippen molar-refractivity contribution >= 4 is 33.0 Å². The van der Waals surface area contributed by atoms with Crippen LogP contribution in [-0.2, 0) is 6.54 Å². The monoisotopic (exact) mass is 335 g/mol. The molecule has 118 valence electrons. The number of hydrogen-bond donors (Lipinski definition) is 1. The number of nitrogens with zero attached hydrogens (tertiary/aromatic N) is 1. The normalized spacial score (nSPS) is 19.6. The zero-order valence-electron chi connectivity index (χ0n) is 12.9. The third kappa shape index (κ3) is 3.38. The summed E-state index contributed by atoms with van der Waals surface area (Å²) in [6.45, 7) is 4.53. The number of benzene rings is 1. The lowest BCUT2D eigenvalue weighted by molar-refractivity contribution is 0.221. The maximum atomic E-state index is 8.96. The third-order valence-electron chi connectivity index (χ3n) is 4.38. The Morgan fingerprint density at radius 1 is 1.36 bits per heavy atom. The highest BCUT2D eigenvalue weighted by atomic mass is 35.5. The van der Waals surface area contributed by atoms with Crippen LogP contribution in [0.3, 0.4) is 0 Å². The predicted octanol–water partition coefficient (Wildman–Crippen LogP) is 4.85. The number of halogens is 1. The molecule has 1 atom stereocenters. The second kappa shape index (κ2) is 7.14. The van der Waals surface area contributed by atoms with Crippen molar-refractivity contribution in [2.24, 2.45) is 0 Å². The Morgan fingerprint density at radius 2 is 2.18 bits per heavy atom. The molecule has 0 fully saturated rings. The Kier molecular flexibility index (Phi) is 5.19. The van der Waals surface area contributed by atoms with Crippen LogP contribution in [0.15, 0.2) is 35.9 Å². The van der Waals surface area contributed by atoms with E-state index in [1.165, 1.54) is 20.5 Å². The van der Waals surface area contributed by atoms with Crippen LogP contribution in [0.2, 0.25) is 5.02 Å². The van der Waals surface area contributed by atoms with Crippen molar-refractivity contribution in [3.8, 4) is 0 Å². The molecule has 4 heteroatoms. The van der Waals surface area contributed by atoms with E-state index in [0.717, 1.165) is 37.4 Å². The maximum absolute atomic E-state index is 8.96. The minimum Gasteiger partial charge on any atom is -0.396 e. The van der Waals surface area contributed by atoms with Crippen molar-refractivity contribution in [2.75, 3.05) is 13.2 Å². The maximum Gasteiger partial charge on any atom is 0.0637 e. The first-order chi connectivity index (χ1) is 10.7. The fourth-order valence-corrected chi connectivity index (χ4v) is 4.63. The molecular formula is C18H22ClNOS. The van der Waals surface area contributed by atoms with Gasteiger partial charge in [-0.2, -0.15) is 0 Å². The summed E-state index contributed by atoms with van der Waals surface area (Å²) >= 11 is 8.37. The van der Waals surface area contributed by atoms with Crippen LogP contribution in [0.1, 0.15) is 31.1 Å². The van der Waals surface area contributed by atoms with E-state index in [4.69, 9.17) is 16.7 Å². The van der Waals surface area contributed by atoms with E-state index in [-0.39, 0.29) is 6.61 Å².